The van der Waals surface area contributed by atoms with Crippen LogP contribution in [0.25, 0.3) is 0 Å². The fourth-order valence-corrected chi connectivity index (χ4v) is 2.54. The van der Waals surface area contributed by atoms with E-state index < -0.39 is 10.8 Å². The molecule has 0 saturated carbocycles. The Balaban J connectivity index is 2.51. The van der Waals surface area contributed by atoms with Crippen LogP contribution in [0, 0.1) is 0 Å². The molecule has 0 aliphatic carbocycles. The summed E-state index contributed by atoms with van der Waals surface area (Å²) in [4.78, 5) is 11.7. The average molecular weight is 269 g/mol. The van der Waals surface area contributed by atoms with Crippen LogP contribution in [-0.2, 0) is 22.0 Å². The quantitative estimate of drug-likeness (QED) is 0.784. The van der Waals surface area contributed by atoms with Crippen molar-refractivity contribution < 1.29 is 14.1 Å². The Hall–Kier alpha value is -1.20. The molecule has 100 valence electrons. The topological polar surface area (TPSA) is 66.4 Å². The molecule has 5 heteroatoms. The molecule has 0 aliphatic heterocycles. The zero-order chi connectivity index (χ0) is 13.4. The minimum atomic E-state index is -1.20. The van der Waals surface area contributed by atoms with Gasteiger partial charge in [0.1, 0.15) is 5.75 Å². The first-order valence-corrected chi connectivity index (χ1v) is 7.49. The van der Waals surface area contributed by atoms with Crippen molar-refractivity contribution in [3.63, 3.8) is 0 Å². The lowest BCUT2D eigenvalue weighted by Crippen LogP contribution is -2.21. The van der Waals surface area contributed by atoms with Gasteiger partial charge in [0.15, 0.2) is 0 Å². The van der Waals surface area contributed by atoms with E-state index in [9.17, 15) is 9.00 Å². The number of amides is 1. The number of benzene rings is 1. The molecule has 4 nitrogen and oxygen atoms in total. The third kappa shape index (κ3) is 4.98. The Morgan fingerprint density at radius 3 is 2.78 bits per heavy atom. The first kappa shape index (κ1) is 14.9. The number of aliphatic hydroxyl groups is 1. The second-order valence-electron chi connectivity index (χ2n) is 3.92. The molecule has 0 radical (unpaired) electrons. The molecular weight excluding hydrogens is 250 g/mol. The SMILES string of the molecule is CCc1ccccc1NC(=O)CS(=O)CCCO. The molecule has 0 aliphatic rings. The van der Waals surface area contributed by atoms with Crippen molar-refractivity contribution in [1.82, 2.24) is 0 Å². The Morgan fingerprint density at radius 2 is 2.11 bits per heavy atom. The van der Waals surface area contributed by atoms with E-state index in [2.05, 4.69) is 5.32 Å². The smallest absolute Gasteiger partial charge is 0.236 e. The number of nitrogens with one attached hydrogen (secondary N) is 1. The van der Waals surface area contributed by atoms with Crippen molar-refractivity contribution in [3.05, 3.63) is 29.8 Å². The molecule has 1 aromatic rings. The molecule has 1 aromatic carbocycles. The van der Waals surface area contributed by atoms with Crippen LogP contribution in [-0.4, -0.2) is 33.3 Å². The molecule has 1 amide bonds. The largest absolute Gasteiger partial charge is 0.396 e. The number of carbonyl (C=O) groups is 1. The van der Waals surface area contributed by atoms with E-state index in [0.29, 0.717) is 12.2 Å². The van der Waals surface area contributed by atoms with Crippen molar-refractivity contribution in [2.45, 2.75) is 19.8 Å². The Morgan fingerprint density at radius 1 is 1.39 bits per heavy atom. The van der Waals surface area contributed by atoms with Gasteiger partial charge >= 0.3 is 0 Å². The summed E-state index contributed by atoms with van der Waals surface area (Å²) in [5.41, 5.74) is 1.84. The number of anilines is 1. The zero-order valence-corrected chi connectivity index (χ0v) is 11.3. The van der Waals surface area contributed by atoms with Crippen LogP contribution in [0.5, 0.6) is 0 Å². The number of aliphatic hydroxyl groups excluding tert-OH is 1. The molecule has 0 saturated heterocycles. The van der Waals surface area contributed by atoms with Crippen LogP contribution in [0.4, 0.5) is 5.69 Å². The minimum Gasteiger partial charge on any atom is -0.396 e. The van der Waals surface area contributed by atoms with Crippen LogP contribution in [0.3, 0.4) is 0 Å². The fraction of sp³-hybridized carbons (Fsp3) is 0.462. The van der Waals surface area contributed by atoms with Gasteiger partial charge in [-0.2, -0.15) is 0 Å². The van der Waals surface area contributed by atoms with Gasteiger partial charge in [0.05, 0.1) is 0 Å². The second-order valence-corrected chi connectivity index (χ2v) is 5.50. The van der Waals surface area contributed by atoms with Gasteiger partial charge in [0.2, 0.25) is 5.91 Å². The summed E-state index contributed by atoms with van der Waals surface area (Å²) in [7, 11) is -1.20. The molecule has 0 aromatic heterocycles. The highest BCUT2D eigenvalue weighted by atomic mass is 32.2. The van der Waals surface area contributed by atoms with E-state index in [1.54, 1.807) is 0 Å². The van der Waals surface area contributed by atoms with Gasteiger partial charge in [-0.3, -0.25) is 9.00 Å². The van der Waals surface area contributed by atoms with E-state index in [-0.39, 0.29) is 18.3 Å². The standard InChI is InChI=1S/C13H19NO3S/c1-2-11-6-3-4-7-12(11)14-13(16)10-18(17)9-5-8-15/h3-4,6-7,15H,2,5,8-10H2,1H3,(H,14,16). The van der Waals surface area contributed by atoms with Gasteiger partial charge in [-0.05, 0) is 24.5 Å². The molecule has 0 heterocycles. The molecule has 0 fully saturated rings. The predicted octanol–water partition coefficient (Wildman–Crippen LogP) is 1.32. The Kier molecular flexibility index (Phi) is 6.60. The minimum absolute atomic E-state index is 0.00598. The van der Waals surface area contributed by atoms with Crippen LogP contribution in [0.15, 0.2) is 24.3 Å². The molecule has 1 unspecified atom stereocenters. The van der Waals surface area contributed by atoms with Gasteiger partial charge in [-0.15, -0.1) is 0 Å². The zero-order valence-electron chi connectivity index (χ0n) is 10.5. The lowest BCUT2D eigenvalue weighted by atomic mass is 10.1. The number of hydrogen-bond donors (Lipinski definition) is 2. The third-order valence-electron chi connectivity index (χ3n) is 2.49. The van der Waals surface area contributed by atoms with E-state index >= 15 is 0 Å². The number of carbonyl (C=O) groups excluding carboxylic acids is 1. The molecular formula is C13H19NO3S. The van der Waals surface area contributed by atoms with Crippen molar-refractivity contribution in [2.75, 3.05) is 23.4 Å². The highest BCUT2D eigenvalue weighted by molar-refractivity contribution is 7.85. The first-order valence-electron chi connectivity index (χ1n) is 6.01. The maximum absolute atomic E-state index is 11.7. The van der Waals surface area contributed by atoms with Gasteiger partial charge in [-0.25, -0.2) is 0 Å². The monoisotopic (exact) mass is 269 g/mol. The van der Waals surface area contributed by atoms with Gasteiger partial charge in [0, 0.05) is 28.8 Å². The molecule has 0 spiro atoms. The summed E-state index contributed by atoms with van der Waals surface area (Å²) in [6, 6.07) is 7.58. The van der Waals surface area contributed by atoms with E-state index in [4.69, 9.17) is 5.11 Å². The average Bonchev–Trinajstić information content (AvgIpc) is 2.36. The van der Waals surface area contributed by atoms with E-state index in [1.165, 1.54) is 0 Å². The van der Waals surface area contributed by atoms with E-state index in [0.717, 1.165) is 17.7 Å². The van der Waals surface area contributed by atoms with Crippen molar-refractivity contribution in [2.24, 2.45) is 0 Å². The predicted molar refractivity (Wildman–Crippen MR) is 74.0 cm³/mol. The summed E-state index contributed by atoms with van der Waals surface area (Å²) >= 11 is 0. The van der Waals surface area contributed by atoms with Crippen LogP contribution >= 0.6 is 0 Å². The number of para-hydroxylation sites is 1. The van der Waals surface area contributed by atoms with Crippen molar-refractivity contribution in [1.29, 1.82) is 0 Å². The molecule has 2 N–H and O–H groups in total. The number of rotatable bonds is 7. The highest BCUT2D eigenvalue weighted by Gasteiger charge is 2.09. The summed E-state index contributed by atoms with van der Waals surface area (Å²) in [5.74, 6) is 0.101. The van der Waals surface area contributed by atoms with Crippen molar-refractivity contribution >= 4 is 22.4 Å². The summed E-state index contributed by atoms with van der Waals surface area (Å²) in [6.07, 6.45) is 1.30. The second kappa shape index (κ2) is 8.00. The third-order valence-corrected chi connectivity index (χ3v) is 3.82. The highest BCUT2D eigenvalue weighted by Crippen LogP contribution is 2.15. The summed E-state index contributed by atoms with van der Waals surface area (Å²) in [5, 5.41) is 11.4. The number of hydrogen-bond acceptors (Lipinski definition) is 3. The van der Waals surface area contributed by atoms with Crippen molar-refractivity contribution in [3.8, 4) is 0 Å². The maximum atomic E-state index is 11.7. The number of aryl methyl sites for hydroxylation is 1. The molecule has 0 bridgehead atoms. The summed E-state index contributed by atoms with van der Waals surface area (Å²) < 4.78 is 11.5. The Labute approximate surface area is 110 Å². The van der Waals surface area contributed by atoms with Crippen LogP contribution < -0.4 is 5.32 Å². The molecule has 1 rings (SSSR count). The summed E-state index contributed by atoms with van der Waals surface area (Å²) in [6.45, 7) is 2.02. The van der Waals surface area contributed by atoms with E-state index in [1.807, 2.05) is 31.2 Å². The Bertz CT molecular complexity index is 420. The van der Waals surface area contributed by atoms with Gasteiger partial charge < -0.3 is 10.4 Å². The maximum Gasteiger partial charge on any atom is 0.236 e. The fourth-order valence-electron chi connectivity index (χ4n) is 1.58. The van der Waals surface area contributed by atoms with Crippen LogP contribution in [0.1, 0.15) is 18.9 Å². The lowest BCUT2D eigenvalue weighted by Gasteiger charge is -2.09. The lowest BCUT2D eigenvalue weighted by molar-refractivity contribution is -0.113. The molecule has 1 atom stereocenters. The molecule has 18 heavy (non-hydrogen) atoms. The van der Waals surface area contributed by atoms with Gasteiger partial charge in [-0.1, -0.05) is 25.1 Å². The first-order chi connectivity index (χ1) is 8.67. The van der Waals surface area contributed by atoms with Gasteiger partial charge in [0.25, 0.3) is 0 Å². The normalized spacial score (nSPS) is 12.1. The van der Waals surface area contributed by atoms with Crippen LogP contribution in [0.2, 0.25) is 0 Å².